The molecule has 0 atom stereocenters. The molecule has 0 aliphatic carbocycles. The fourth-order valence-electron chi connectivity index (χ4n) is 1.82. The molecule has 0 saturated heterocycles. The summed E-state index contributed by atoms with van der Waals surface area (Å²) in [7, 11) is 0. The quantitative estimate of drug-likeness (QED) is 0.811. The highest BCUT2D eigenvalue weighted by molar-refractivity contribution is 5.39. The molecule has 20 heavy (non-hydrogen) atoms. The number of aromatic nitrogens is 6. The van der Waals surface area contributed by atoms with Gasteiger partial charge in [0, 0.05) is 19.6 Å². The molecule has 2 rings (SSSR count). The van der Waals surface area contributed by atoms with Gasteiger partial charge in [-0.1, -0.05) is 6.92 Å². The Bertz CT molecular complexity index is 524. The van der Waals surface area contributed by atoms with Crippen LogP contribution in [0.25, 0.3) is 5.95 Å². The van der Waals surface area contributed by atoms with Gasteiger partial charge in [-0.2, -0.15) is 24.7 Å². The van der Waals surface area contributed by atoms with Crippen molar-refractivity contribution in [1.29, 1.82) is 0 Å². The summed E-state index contributed by atoms with van der Waals surface area (Å²) in [6.07, 6.45) is 4.07. The molecule has 0 spiro atoms. The molecule has 8 nitrogen and oxygen atoms in total. The molecule has 1 N–H and O–H groups in total. The molecule has 0 saturated carbocycles. The molecule has 0 aliphatic heterocycles. The minimum Gasteiger partial charge on any atom is -0.354 e. The Hall–Kier alpha value is -2.25. The van der Waals surface area contributed by atoms with E-state index >= 15 is 0 Å². The van der Waals surface area contributed by atoms with Crippen molar-refractivity contribution in [1.82, 2.24) is 29.7 Å². The smallest absolute Gasteiger partial charge is 0.258 e. The van der Waals surface area contributed by atoms with Crippen molar-refractivity contribution in [3.63, 3.8) is 0 Å². The second kappa shape index (κ2) is 6.78. The third-order valence-corrected chi connectivity index (χ3v) is 2.73. The maximum Gasteiger partial charge on any atom is 0.258 e. The Labute approximate surface area is 118 Å². The first kappa shape index (κ1) is 14.2. The Morgan fingerprint density at radius 1 is 1.20 bits per heavy atom. The monoisotopic (exact) mass is 276 g/mol. The van der Waals surface area contributed by atoms with Crippen LogP contribution >= 0.6 is 0 Å². The molecule has 2 heterocycles. The lowest BCUT2D eigenvalue weighted by Gasteiger charge is -2.20. The number of hydrogen-bond donors (Lipinski definition) is 1. The first-order valence-corrected chi connectivity index (χ1v) is 6.88. The average Bonchev–Trinajstić information content (AvgIpc) is 2.99. The van der Waals surface area contributed by atoms with Crippen LogP contribution in [0.4, 0.5) is 11.9 Å². The van der Waals surface area contributed by atoms with Crippen molar-refractivity contribution in [3.05, 3.63) is 12.7 Å². The van der Waals surface area contributed by atoms with Gasteiger partial charge >= 0.3 is 0 Å². The van der Waals surface area contributed by atoms with Gasteiger partial charge in [-0.3, -0.25) is 0 Å². The van der Waals surface area contributed by atoms with Gasteiger partial charge in [0.25, 0.3) is 5.95 Å². The summed E-state index contributed by atoms with van der Waals surface area (Å²) >= 11 is 0. The summed E-state index contributed by atoms with van der Waals surface area (Å²) in [6.45, 7) is 8.72. The number of hydrogen-bond acceptors (Lipinski definition) is 7. The maximum absolute atomic E-state index is 4.47. The Balaban J connectivity index is 2.40. The first-order chi connectivity index (χ1) is 9.78. The first-order valence-electron chi connectivity index (χ1n) is 6.88. The molecule has 0 fully saturated rings. The SMILES string of the molecule is CCCN(CC)c1nc(NCC)nc(-n2cncn2)n1. The third-order valence-electron chi connectivity index (χ3n) is 2.73. The van der Waals surface area contributed by atoms with Crippen molar-refractivity contribution in [3.8, 4) is 5.95 Å². The van der Waals surface area contributed by atoms with Gasteiger partial charge in [-0.15, -0.1) is 0 Å². The van der Waals surface area contributed by atoms with Crippen LogP contribution in [0.1, 0.15) is 27.2 Å². The van der Waals surface area contributed by atoms with E-state index < -0.39 is 0 Å². The summed E-state index contributed by atoms with van der Waals surface area (Å²) in [5.74, 6) is 1.68. The van der Waals surface area contributed by atoms with Gasteiger partial charge in [-0.05, 0) is 20.3 Å². The Morgan fingerprint density at radius 2 is 2.05 bits per heavy atom. The molecule has 0 unspecified atom stereocenters. The van der Waals surface area contributed by atoms with Crippen LogP contribution in [0.3, 0.4) is 0 Å². The van der Waals surface area contributed by atoms with Gasteiger partial charge in [0.15, 0.2) is 0 Å². The lowest BCUT2D eigenvalue weighted by atomic mass is 10.4. The van der Waals surface area contributed by atoms with Crippen LogP contribution in [0.5, 0.6) is 0 Å². The fraction of sp³-hybridized carbons (Fsp3) is 0.583. The van der Waals surface area contributed by atoms with Crippen molar-refractivity contribution < 1.29 is 0 Å². The fourth-order valence-corrected chi connectivity index (χ4v) is 1.82. The number of anilines is 2. The molecular formula is C12H20N8. The van der Waals surface area contributed by atoms with E-state index in [9.17, 15) is 0 Å². The van der Waals surface area contributed by atoms with Crippen molar-refractivity contribution in [2.75, 3.05) is 29.9 Å². The second-order valence-corrected chi connectivity index (χ2v) is 4.21. The predicted octanol–water partition coefficient (Wildman–Crippen LogP) is 1.12. The molecule has 0 bridgehead atoms. The van der Waals surface area contributed by atoms with E-state index in [4.69, 9.17) is 0 Å². The molecule has 108 valence electrons. The van der Waals surface area contributed by atoms with E-state index in [0.29, 0.717) is 17.8 Å². The summed E-state index contributed by atoms with van der Waals surface area (Å²) in [6, 6.07) is 0. The highest BCUT2D eigenvalue weighted by atomic mass is 15.4. The van der Waals surface area contributed by atoms with Gasteiger partial charge in [0.05, 0.1) is 0 Å². The average molecular weight is 276 g/mol. The molecule has 2 aromatic rings. The third kappa shape index (κ3) is 3.19. The molecule has 0 amide bonds. The van der Waals surface area contributed by atoms with Gasteiger partial charge in [-0.25, -0.2) is 4.98 Å². The molecule has 0 aliphatic rings. The Kier molecular flexibility index (Phi) is 4.80. The van der Waals surface area contributed by atoms with Crippen LogP contribution in [0.2, 0.25) is 0 Å². The molecule has 0 radical (unpaired) electrons. The highest BCUT2D eigenvalue weighted by Crippen LogP contribution is 2.13. The lowest BCUT2D eigenvalue weighted by molar-refractivity contribution is 0.735. The van der Waals surface area contributed by atoms with Crippen molar-refractivity contribution >= 4 is 11.9 Å². The van der Waals surface area contributed by atoms with E-state index in [-0.39, 0.29) is 0 Å². The lowest BCUT2D eigenvalue weighted by Crippen LogP contribution is -2.27. The van der Waals surface area contributed by atoms with Crippen LogP contribution in [0.15, 0.2) is 12.7 Å². The van der Waals surface area contributed by atoms with E-state index in [1.165, 1.54) is 11.0 Å². The van der Waals surface area contributed by atoms with E-state index in [1.54, 1.807) is 6.33 Å². The molecule has 0 aromatic carbocycles. The minimum atomic E-state index is 0.470. The summed E-state index contributed by atoms with van der Waals surface area (Å²) in [4.78, 5) is 19.3. The summed E-state index contributed by atoms with van der Waals surface area (Å²) in [5.41, 5.74) is 0. The number of nitrogens with one attached hydrogen (secondary N) is 1. The largest absolute Gasteiger partial charge is 0.354 e. The topological polar surface area (TPSA) is 84.7 Å². The minimum absolute atomic E-state index is 0.470. The summed E-state index contributed by atoms with van der Waals surface area (Å²) in [5, 5.41) is 7.19. The summed E-state index contributed by atoms with van der Waals surface area (Å²) < 4.78 is 1.53. The molecule has 2 aromatic heterocycles. The normalized spacial score (nSPS) is 10.6. The molecular weight excluding hydrogens is 256 g/mol. The number of nitrogens with zero attached hydrogens (tertiary/aromatic N) is 7. The van der Waals surface area contributed by atoms with Crippen LogP contribution in [-0.4, -0.2) is 49.4 Å². The van der Waals surface area contributed by atoms with Crippen LogP contribution < -0.4 is 10.2 Å². The van der Waals surface area contributed by atoms with Gasteiger partial charge in [0.1, 0.15) is 12.7 Å². The van der Waals surface area contributed by atoms with Crippen LogP contribution in [0, 0.1) is 0 Å². The van der Waals surface area contributed by atoms with Gasteiger partial charge in [0.2, 0.25) is 11.9 Å². The second-order valence-electron chi connectivity index (χ2n) is 4.21. The Morgan fingerprint density at radius 3 is 2.65 bits per heavy atom. The predicted molar refractivity (Wildman–Crippen MR) is 77.1 cm³/mol. The highest BCUT2D eigenvalue weighted by Gasteiger charge is 2.12. The maximum atomic E-state index is 4.47. The van der Waals surface area contributed by atoms with E-state index in [1.807, 2.05) is 6.92 Å². The van der Waals surface area contributed by atoms with Gasteiger partial charge < -0.3 is 10.2 Å². The van der Waals surface area contributed by atoms with Crippen LogP contribution in [-0.2, 0) is 0 Å². The standard InChI is InChI=1S/C12H20N8/c1-4-7-19(6-3)11-16-10(14-5-2)17-12(18-11)20-9-13-8-15-20/h8-9H,4-7H2,1-3H3,(H,14,16,17,18). The number of rotatable bonds is 7. The zero-order valence-corrected chi connectivity index (χ0v) is 12.1. The zero-order chi connectivity index (χ0) is 14.4. The van der Waals surface area contributed by atoms with E-state index in [0.717, 1.165) is 26.1 Å². The van der Waals surface area contributed by atoms with Crippen molar-refractivity contribution in [2.24, 2.45) is 0 Å². The van der Waals surface area contributed by atoms with Crippen molar-refractivity contribution in [2.45, 2.75) is 27.2 Å². The van der Waals surface area contributed by atoms with E-state index in [2.05, 4.69) is 49.1 Å². The zero-order valence-electron chi connectivity index (χ0n) is 12.1. The molecule has 8 heteroatoms.